The Hall–Kier alpha value is -1.53. The van der Waals surface area contributed by atoms with Crippen molar-refractivity contribution in [3.8, 4) is 6.07 Å². The number of carbonyl (C=O) groups is 1. The number of nitrogens with zero attached hydrogens (tertiary/aromatic N) is 2. The zero-order chi connectivity index (χ0) is 13.4. The Kier molecular flexibility index (Phi) is 3.20. The third-order valence-corrected chi connectivity index (χ3v) is 4.17. The second-order valence-electron chi connectivity index (χ2n) is 5.36. The van der Waals surface area contributed by atoms with Gasteiger partial charge in [-0.15, -0.1) is 0 Å². The molecule has 0 bridgehead atoms. The van der Waals surface area contributed by atoms with Crippen molar-refractivity contribution in [1.82, 2.24) is 4.90 Å². The highest BCUT2D eigenvalue weighted by Gasteiger charge is 2.48. The number of hydrogen-bond acceptors (Lipinski definition) is 2. The van der Waals surface area contributed by atoms with Crippen LogP contribution in [0.15, 0.2) is 24.3 Å². The number of hydrogen-bond donors (Lipinski definition) is 0. The van der Waals surface area contributed by atoms with Gasteiger partial charge in [-0.25, -0.2) is 0 Å². The van der Waals surface area contributed by atoms with E-state index in [4.69, 9.17) is 16.9 Å². The van der Waals surface area contributed by atoms with Gasteiger partial charge in [-0.3, -0.25) is 4.79 Å². The van der Waals surface area contributed by atoms with Crippen LogP contribution in [0.3, 0.4) is 0 Å². The van der Waals surface area contributed by atoms with Gasteiger partial charge in [0.1, 0.15) is 6.54 Å². The van der Waals surface area contributed by atoms with Crippen molar-refractivity contribution in [2.45, 2.75) is 31.2 Å². The monoisotopic (exact) mass is 274 g/mol. The van der Waals surface area contributed by atoms with Crippen LogP contribution in [0, 0.1) is 17.2 Å². The van der Waals surface area contributed by atoms with E-state index in [-0.39, 0.29) is 18.4 Å². The lowest BCUT2D eigenvalue weighted by atomic mass is 10.1. The molecule has 1 aromatic rings. The summed E-state index contributed by atoms with van der Waals surface area (Å²) in [4.78, 5) is 14.1. The van der Waals surface area contributed by atoms with Crippen LogP contribution >= 0.6 is 11.6 Å². The van der Waals surface area contributed by atoms with Crippen LogP contribution in [0.4, 0.5) is 0 Å². The lowest BCUT2D eigenvalue weighted by molar-refractivity contribution is -0.132. The Morgan fingerprint density at radius 1 is 1.37 bits per heavy atom. The third-order valence-electron chi connectivity index (χ3n) is 3.92. The van der Waals surface area contributed by atoms with Gasteiger partial charge < -0.3 is 4.90 Å². The van der Waals surface area contributed by atoms with Gasteiger partial charge in [0, 0.05) is 17.0 Å². The second-order valence-corrected chi connectivity index (χ2v) is 5.79. The number of rotatable bonds is 4. The minimum Gasteiger partial charge on any atom is -0.326 e. The van der Waals surface area contributed by atoms with Crippen molar-refractivity contribution in [1.29, 1.82) is 5.26 Å². The van der Waals surface area contributed by atoms with E-state index in [9.17, 15) is 4.79 Å². The Bertz CT molecular complexity index is 530. The predicted octanol–water partition coefficient (Wildman–Crippen LogP) is 2.96. The summed E-state index contributed by atoms with van der Waals surface area (Å²) in [6.45, 7) is 0.230. The van der Waals surface area contributed by atoms with Crippen LogP contribution in [0.2, 0.25) is 5.02 Å². The first-order valence-electron chi connectivity index (χ1n) is 6.63. The average Bonchev–Trinajstić information content (AvgIpc) is 3.28. The fourth-order valence-corrected chi connectivity index (χ4v) is 2.73. The number of halogens is 1. The maximum absolute atomic E-state index is 12.4. The summed E-state index contributed by atoms with van der Waals surface area (Å²) in [5, 5.41) is 9.54. The molecule has 1 amide bonds. The highest BCUT2D eigenvalue weighted by molar-refractivity contribution is 6.30. The summed E-state index contributed by atoms with van der Waals surface area (Å²) < 4.78 is 0. The zero-order valence-corrected chi connectivity index (χ0v) is 11.3. The molecule has 0 saturated heterocycles. The summed E-state index contributed by atoms with van der Waals surface area (Å²) in [5.41, 5.74) is 1.18. The molecule has 1 aromatic carbocycles. The molecule has 2 aliphatic rings. The molecule has 0 aromatic heterocycles. The topological polar surface area (TPSA) is 44.1 Å². The quantitative estimate of drug-likeness (QED) is 0.793. The summed E-state index contributed by atoms with van der Waals surface area (Å²) in [5.74, 6) is 0.531. The third kappa shape index (κ3) is 2.59. The lowest BCUT2D eigenvalue weighted by Crippen LogP contribution is -2.34. The van der Waals surface area contributed by atoms with Gasteiger partial charge in [0.15, 0.2) is 0 Å². The largest absolute Gasteiger partial charge is 0.326 e. The Morgan fingerprint density at radius 3 is 2.63 bits per heavy atom. The van der Waals surface area contributed by atoms with Gasteiger partial charge in [0.2, 0.25) is 5.91 Å². The van der Waals surface area contributed by atoms with E-state index in [2.05, 4.69) is 6.07 Å². The van der Waals surface area contributed by atoms with Crippen LogP contribution in [-0.2, 0) is 4.79 Å². The molecular formula is C15H15ClN2O. The van der Waals surface area contributed by atoms with Crippen molar-refractivity contribution in [3.63, 3.8) is 0 Å². The van der Waals surface area contributed by atoms with Crippen LogP contribution in [0.1, 0.15) is 30.7 Å². The Balaban J connectivity index is 1.66. The number of nitriles is 1. The van der Waals surface area contributed by atoms with Gasteiger partial charge in [-0.05, 0) is 42.9 Å². The van der Waals surface area contributed by atoms with Crippen molar-refractivity contribution < 1.29 is 4.79 Å². The van der Waals surface area contributed by atoms with Crippen LogP contribution in [0.5, 0.6) is 0 Å². The van der Waals surface area contributed by atoms with Crippen LogP contribution < -0.4 is 0 Å². The van der Waals surface area contributed by atoms with Gasteiger partial charge >= 0.3 is 0 Å². The highest BCUT2D eigenvalue weighted by Crippen LogP contribution is 2.49. The molecule has 4 heteroatoms. The second kappa shape index (κ2) is 4.86. The molecule has 2 saturated carbocycles. The molecule has 3 nitrogen and oxygen atoms in total. The first kappa shape index (κ1) is 12.5. The van der Waals surface area contributed by atoms with E-state index < -0.39 is 0 Å². The summed E-state index contributed by atoms with van der Waals surface area (Å²) in [7, 11) is 0. The lowest BCUT2D eigenvalue weighted by Gasteiger charge is -2.19. The fraction of sp³-hybridized carbons (Fsp3) is 0.467. The van der Waals surface area contributed by atoms with Crippen molar-refractivity contribution >= 4 is 17.5 Å². The molecule has 98 valence electrons. The molecular weight excluding hydrogens is 260 g/mol. The minimum absolute atomic E-state index is 0.0649. The summed E-state index contributed by atoms with van der Waals surface area (Å²) in [6.07, 6.45) is 2.99. The molecule has 2 atom stereocenters. The summed E-state index contributed by atoms with van der Waals surface area (Å²) >= 11 is 5.87. The molecule has 0 N–H and O–H groups in total. The van der Waals surface area contributed by atoms with E-state index in [0.717, 1.165) is 24.3 Å². The molecule has 2 aliphatic carbocycles. The smallest absolute Gasteiger partial charge is 0.227 e. The standard InChI is InChI=1S/C15H15ClN2O/c16-11-3-1-10(2-4-11)13-9-14(13)15(19)18(8-7-17)12-5-6-12/h1-4,12-14H,5-6,8-9H2/t13-,14+/m0/s1. The van der Waals surface area contributed by atoms with E-state index in [0.29, 0.717) is 12.0 Å². The van der Waals surface area contributed by atoms with E-state index in [1.807, 2.05) is 24.3 Å². The van der Waals surface area contributed by atoms with Crippen molar-refractivity contribution in [2.24, 2.45) is 5.92 Å². The molecule has 0 spiro atoms. The maximum atomic E-state index is 12.4. The first-order chi connectivity index (χ1) is 9.20. The van der Waals surface area contributed by atoms with Gasteiger partial charge in [-0.2, -0.15) is 5.26 Å². The Labute approximate surface area is 117 Å². The molecule has 0 radical (unpaired) electrons. The van der Waals surface area contributed by atoms with Crippen molar-refractivity contribution in [3.05, 3.63) is 34.9 Å². The Morgan fingerprint density at radius 2 is 2.05 bits per heavy atom. The van der Waals surface area contributed by atoms with E-state index >= 15 is 0 Å². The minimum atomic E-state index is 0.0649. The average molecular weight is 275 g/mol. The van der Waals surface area contributed by atoms with E-state index in [1.165, 1.54) is 5.56 Å². The zero-order valence-electron chi connectivity index (χ0n) is 10.6. The molecule has 0 heterocycles. The maximum Gasteiger partial charge on any atom is 0.227 e. The van der Waals surface area contributed by atoms with E-state index in [1.54, 1.807) is 4.90 Å². The van der Waals surface area contributed by atoms with Gasteiger partial charge in [-0.1, -0.05) is 23.7 Å². The molecule has 2 fully saturated rings. The fourth-order valence-electron chi connectivity index (χ4n) is 2.61. The molecule has 0 unspecified atom stereocenters. The van der Waals surface area contributed by atoms with Crippen LogP contribution in [-0.4, -0.2) is 23.4 Å². The molecule has 3 rings (SSSR count). The number of carbonyl (C=O) groups excluding carboxylic acids is 1. The first-order valence-corrected chi connectivity index (χ1v) is 7.01. The number of benzene rings is 1. The predicted molar refractivity (Wildman–Crippen MR) is 72.6 cm³/mol. The van der Waals surface area contributed by atoms with Crippen molar-refractivity contribution in [2.75, 3.05) is 6.54 Å². The highest BCUT2D eigenvalue weighted by atomic mass is 35.5. The van der Waals surface area contributed by atoms with Gasteiger partial charge in [0.05, 0.1) is 6.07 Å². The normalized spacial score (nSPS) is 24.6. The summed E-state index contributed by atoms with van der Waals surface area (Å²) in [6, 6.07) is 10.1. The SMILES string of the molecule is N#CCN(C(=O)[C@@H]1C[C@H]1c1ccc(Cl)cc1)C1CC1. The molecule has 19 heavy (non-hydrogen) atoms. The van der Waals surface area contributed by atoms with Gasteiger partial charge in [0.25, 0.3) is 0 Å². The molecule has 0 aliphatic heterocycles. The number of amides is 1. The van der Waals surface area contributed by atoms with Crippen LogP contribution in [0.25, 0.3) is 0 Å².